The van der Waals surface area contributed by atoms with E-state index in [0.29, 0.717) is 18.5 Å². The zero-order valence-corrected chi connectivity index (χ0v) is 17.7. The molecule has 0 unspecified atom stereocenters. The molecule has 2 saturated heterocycles. The lowest BCUT2D eigenvalue weighted by Gasteiger charge is -2.31. The number of aromatic amines is 1. The Morgan fingerprint density at radius 3 is 2.67 bits per heavy atom. The van der Waals surface area contributed by atoms with Crippen LogP contribution < -0.4 is 9.64 Å². The van der Waals surface area contributed by atoms with E-state index in [1.807, 2.05) is 4.90 Å². The van der Waals surface area contributed by atoms with Crippen LogP contribution in [0.15, 0.2) is 30.3 Å². The molecule has 2 fully saturated rings. The third-order valence-electron chi connectivity index (χ3n) is 6.22. The van der Waals surface area contributed by atoms with Gasteiger partial charge in [-0.2, -0.15) is 4.98 Å². The number of imidazole rings is 1. The van der Waals surface area contributed by atoms with Gasteiger partial charge in [-0.3, -0.25) is 0 Å². The van der Waals surface area contributed by atoms with Gasteiger partial charge >= 0.3 is 0 Å². The summed E-state index contributed by atoms with van der Waals surface area (Å²) in [6, 6.07) is 8.03. The van der Waals surface area contributed by atoms with Crippen LogP contribution in [0.1, 0.15) is 12.8 Å². The number of nitrogens with zero attached hydrogens (tertiary/aromatic N) is 2. The SMILES string of the molecule is OC[C@H]1OC[C@H](Oc2nc3c(F)c(-c4ccc(N5CC[C@@H](O)C5)cc4)c(F)cc3[nH]2)C[C@@H]1O. The van der Waals surface area contributed by atoms with E-state index in [9.17, 15) is 14.6 Å². The molecule has 3 aromatic rings. The van der Waals surface area contributed by atoms with Crippen LogP contribution in [0, 0.1) is 11.6 Å². The molecule has 0 saturated carbocycles. The highest BCUT2D eigenvalue weighted by molar-refractivity contribution is 5.84. The number of hydrogen-bond donors (Lipinski definition) is 4. The van der Waals surface area contributed by atoms with E-state index in [1.54, 1.807) is 24.3 Å². The van der Waals surface area contributed by atoms with Gasteiger partial charge in [0.05, 0.1) is 36.5 Å². The fourth-order valence-corrected chi connectivity index (χ4v) is 4.44. The highest BCUT2D eigenvalue weighted by Gasteiger charge is 2.31. The zero-order valence-electron chi connectivity index (χ0n) is 17.7. The number of benzene rings is 2. The summed E-state index contributed by atoms with van der Waals surface area (Å²) in [6.07, 6.45) is -1.57. The van der Waals surface area contributed by atoms with Crippen LogP contribution in [-0.4, -0.2) is 76.0 Å². The van der Waals surface area contributed by atoms with Gasteiger partial charge in [0.15, 0.2) is 5.82 Å². The Morgan fingerprint density at radius 1 is 1.21 bits per heavy atom. The Bertz CT molecular complexity index is 1140. The first-order chi connectivity index (χ1) is 15.9. The first kappa shape index (κ1) is 22.0. The average molecular weight is 461 g/mol. The molecule has 10 heteroatoms. The van der Waals surface area contributed by atoms with E-state index in [-0.39, 0.29) is 48.3 Å². The van der Waals surface area contributed by atoms with E-state index >= 15 is 4.39 Å². The van der Waals surface area contributed by atoms with Gasteiger partial charge in [-0.15, -0.1) is 0 Å². The molecular formula is C23H25F2N3O5. The number of nitrogens with one attached hydrogen (secondary N) is 1. The lowest BCUT2D eigenvalue weighted by molar-refractivity contribution is -0.131. The van der Waals surface area contributed by atoms with Crippen molar-refractivity contribution in [1.29, 1.82) is 0 Å². The van der Waals surface area contributed by atoms with Gasteiger partial charge in [0.2, 0.25) is 0 Å². The van der Waals surface area contributed by atoms with Gasteiger partial charge in [-0.25, -0.2) is 8.78 Å². The van der Waals surface area contributed by atoms with Crippen LogP contribution in [0.3, 0.4) is 0 Å². The number of anilines is 1. The summed E-state index contributed by atoms with van der Waals surface area (Å²) in [5, 5.41) is 28.9. The van der Waals surface area contributed by atoms with Gasteiger partial charge in [-0.1, -0.05) is 12.1 Å². The van der Waals surface area contributed by atoms with Gasteiger partial charge < -0.3 is 34.7 Å². The molecule has 4 N–H and O–H groups in total. The molecule has 1 aromatic heterocycles. The number of ether oxygens (including phenoxy) is 2. The fraction of sp³-hybridized carbons (Fsp3) is 0.435. The highest BCUT2D eigenvalue weighted by atomic mass is 19.1. The number of aromatic nitrogens is 2. The third-order valence-corrected chi connectivity index (χ3v) is 6.22. The second kappa shape index (κ2) is 8.86. The van der Waals surface area contributed by atoms with E-state index < -0.39 is 29.9 Å². The van der Waals surface area contributed by atoms with Crippen LogP contribution in [-0.2, 0) is 4.74 Å². The number of H-pyrrole nitrogens is 1. The molecule has 33 heavy (non-hydrogen) atoms. The fourth-order valence-electron chi connectivity index (χ4n) is 4.44. The minimum absolute atomic E-state index is 0.00774. The lowest BCUT2D eigenvalue weighted by Crippen LogP contribution is -2.45. The number of rotatable bonds is 5. The molecule has 5 rings (SSSR count). The number of β-amino-alcohol motifs (C(OH)–C–C–N with tert-alkyl or cyclic N) is 1. The van der Waals surface area contributed by atoms with Crippen molar-refractivity contribution in [3.05, 3.63) is 42.0 Å². The van der Waals surface area contributed by atoms with Gasteiger partial charge in [0, 0.05) is 31.3 Å². The molecule has 176 valence electrons. The summed E-state index contributed by atoms with van der Waals surface area (Å²) in [4.78, 5) is 8.93. The molecule has 4 atom stereocenters. The molecule has 2 aromatic carbocycles. The van der Waals surface area contributed by atoms with Crippen molar-refractivity contribution in [2.45, 2.75) is 37.3 Å². The maximum Gasteiger partial charge on any atom is 0.295 e. The van der Waals surface area contributed by atoms with E-state index in [1.165, 1.54) is 6.07 Å². The summed E-state index contributed by atoms with van der Waals surface area (Å²) in [5.41, 5.74) is 1.17. The van der Waals surface area contributed by atoms with Crippen LogP contribution in [0.4, 0.5) is 14.5 Å². The molecule has 8 nitrogen and oxygen atoms in total. The van der Waals surface area contributed by atoms with Crippen molar-refractivity contribution in [3.63, 3.8) is 0 Å². The zero-order chi connectivity index (χ0) is 23.1. The Labute approximate surface area is 188 Å². The summed E-state index contributed by atoms with van der Waals surface area (Å²) in [5.74, 6) is -1.54. The van der Waals surface area contributed by atoms with Crippen LogP contribution in [0.25, 0.3) is 22.2 Å². The highest BCUT2D eigenvalue weighted by Crippen LogP contribution is 2.34. The van der Waals surface area contributed by atoms with Crippen molar-refractivity contribution in [2.75, 3.05) is 31.2 Å². The summed E-state index contributed by atoms with van der Waals surface area (Å²) in [6.45, 7) is 1.09. The minimum atomic E-state index is -0.897. The molecule has 2 aliphatic heterocycles. The first-order valence-corrected chi connectivity index (χ1v) is 10.9. The summed E-state index contributed by atoms with van der Waals surface area (Å²) in [7, 11) is 0. The molecule has 0 aliphatic carbocycles. The van der Waals surface area contributed by atoms with Gasteiger partial charge in [-0.05, 0) is 24.1 Å². The topological polar surface area (TPSA) is 111 Å². The predicted molar refractivity (Wildman–Crippen MR) is 116 cm³/mol. The van der Waals surface area contributed by atoms with Crippen molar-refractivity contribution < 1.29 is 33.6 Å². The van der Waals surface area contributed by atoms with Crippen molar-refractivity contribution in [2.24, 2.45) is 0 Å². The van der Waals surface area contributed by atoms with Gasteiger partial charge in [0.1, 0.15) is 23.5 Å². The number of hydrogen-bond acceptors (Lipinski definition) is 7. The smallest absolute Gasteiger partial charge is 0.295 e. The Balaban J connectivity index is 1.38. The number of halogens is 2. The Morgan fingerprint density at radius 2 is 2.00 bits per heavy atom. The molecule has 3 heterocycles. The minimum Gasteiger partial charge on any atom is -0.459 e. The van der Waals surface area contributed by atoms with Crippen LogP contribution in [0.2, 0.25) is 0 Å². The van der Waals surface area contributed by atoms with Crippen LogP contribution in [0.5, 0.6) is 6.01 Å². The second-order valence-corrected chi connectivity index (χ2v) is 8.52. The summed E-state index contributed by atoms with van der Waals surface area (Å²) >= 11 is 0. The maximum atomic E-state index is 15.3. The monoisotopic (exact) mass is 461 g/mol. The van der Waals surface area contributed by atoms with Crippen molar-refractivity contribution >= 4 is 16.7 Å². The number of fused-ring (bicyclic) bond motifs is 1. The number of aliphatic hydroxyl groups excluding tert-OH is 3. The van der Waals surface area contributed by atoms with E-state index in [2.05, 4.69) is 9.97 Å². The van der Waals surface area contributed by atoms with Crippen molar-refractivity contribution in [3.8, 4) is 17.1 Å². The molecule has 0 radical (unpaired) electrons. The Kier molecular flexibility index (Phi) is 5.92. The average Bonchev–Trinajstić information content (AvgIpc) is 3.40. The van der Waals surface area contributed by atoms with E-state index in [0.717, 1.165) is 12.2 Å². The second-order valence-electron chi connectivity index (χ2n) is 8.52. The van der Waals surface area contributed by atoms with E-state index in [4.69, 9.17) is 14.6 Å². The first-order valence-electron chi connectivity index (χ1n) is 10.9. The molecule has 0 amide bonds. The normalized spacial score (nSPS) is 25.7. The standard InChI is InChI=1S/C23H25F2N3O5/c24-16-8-17-22(27-23(26-17)33-15-7-18(31)19(10-29)32-11-15)21(25)20(16)12-1-3-13(4-2-12)28-6-5-14(30)9-28/h1-4,8,14-15,18-19,29-31H,5-7,9-11H2,(H,26,27)/t14-,15-,18+,19-/m1/s1. The Hall–Kier alpha value is -2.79. The summed E-state index contributed by atoms with van der Waals surface area (Å²) < 4.78 is 41.2. The van der Waals surface area contributed by atoms with Gasteiger partial charge in [0.25, 0.3) is 6.01 Å². The lowest BCUT2D eigenvalue weighted by atomic mass is 10.0. The largest absolute Gasteiger partial charge is 0.459 e. The number of aliphatic hydroxyl groups is 3. The molecule has 0 bridgehead atoms. The van der Waals surface area contributed by atoms with Crippen molar-refractivity contribution in [1.82, 2.24) is 9.97 Å². The van der Waals surface area contributed by atoms with Crippen LogP contribution >= 0.6 is 0 Å². The molecule has 2 aliphatic rings. The third kappa shape index (κ3) is 4.26. The predicted octanol–water partition coefficient (Wildman–Crippen LogP) is 1.97. The molecular weight excluding hydrogens is 436 g/mol. The quantitative estimate of drug-likeness (QED) is 0.460. The maximum absolute atomic E-state index is 15.3. The molecule has 0 spiro atoms.